The molecule has 33 heavy (non-hydrogen) atoms. The number of carbonyl (C=O) groups is 3. The van der Waals surface area contributed by atoms with E-state index in [4.69, 9.17) is 0 Å². The van der Waals surface area contributed by atoms with E-state index in [-0.39, 0.29) is 29.1 Å². The lowest BCUT2D eigenvalue weighted by Crippen LogP contribution is -2.50. The van der Waals surface area contributed by atoms with Crippen molar-refractivity contribution < 1.29 is 19.3 Å². The SMILES string of the molecule is CC[C@H](C)N1C(=O)[C@@H]2[C@@H](C1=O)[C@H](C(=O)c1cccc([N+](=O)[O-])c1)N1c3ccccc3C=C[C@H]21. The van der Waals surface area contributed by atoms with Gasteiger partial charge in [-0.1, -0.05) is 49.4 Å². The minimum Gasteiger partial charge on any atom is -0.352 e. The Balaban J connectivity index is 1.65. The fourth-order valence-corrected chi connectivity index (χ4v) is 5.40. The lowest BCUT2D eigenvalue weighted by atomic mass is 9.86. The van der Waals surface area contributed by atoms with Crippen molar-refractivity contribution in [3.63, 3.8) is 0 Å². The standard InChI is InChI=1S/C25H23N3O5/c1-3-14(2)26-24(30)20-19-12-11-15-7-4-5-10-18(15)27(19)22(21(20)25(26)31)23(29)16-8-6-9-17(13-16)28(32)33/h4-14,19-22H,3H2,1-2H3/t14-,19+,20-,21+,22+/m0/s1. The largest absolute Gasteiger partial charge is 0.352 e. The molecule has 8 nitrogen and oxygen atoms in total. The van der Waals surface area contributed by atoms with Gasteiger partial charge in [0.1, 0.15) is 6.04 Å². The molecule has 5 rings (SSSR count). The summed E-state index contributed by atoms with van der Waals surface area (Å²) in [5, 5.41) is 11.3. The maximum absolute atomic E-state index is 13.9. The smallest absolute Gasteiger partial charge is 0.270 e. The van der Waals surface area contributed by atoms with Crippen LogP contribution in [0.2, 0.25) is 0 Å². The van der Waals surface area contributed by atoms with Crippen LogP contribution in [0.5, 0.6) is 0 Å². The third-order valence-electron chi connectivity index (χ3n) is 7.09. The molecule has 2 aromatic carbocycles. The van der Waals surface area contributed by atoms with E-state index < -0.39 is 34.6 Å². The van der Waals surface area contributed by atoms with Crippen LogP contribution in [0.1, 0.15) is 36.2 Å². The summed E-state index contributed by atoms with van der Waals surface area (Å²) >= 11 is 0. The first-order valence-corrected chi connectivity index (χ1v) is 11.1. The highest BCUT2D eigenvalue weighted by Gasteiger charge is 2.64. The van der Waals surface area contributed by atoms with Crippen molar-refractivity contribution >= 4 is 35.0 Å². The van der Waals surface area contributed by atoms with Gasteiger partial charge in [0, 0.05) is 29.4 Å². The number of nitro benzene ring substituents is 1. The van der Waals surface area contributed by atoms with Gasteiger partial charge in [0.15, 0.2) is 5.78 Å². The molecular weight excluding hydrogens is 422 g/mol. The number of imide groups is 1. The molecule has 2 saturated heterocycles. The number of likely N-dealkylation sites (tertiary alicyclic amines) is 1. The van der Waals surface area contributed by atoms with Crippen LogP contribution in [-0.4, -0.2) is 45.5 Å². The van der Waals surface area contributed by atoms with Crippen LogP contribution in [0.15, 0.2) is 54.6 Å². The van der Waals surface area contributed by atoms with Crippen molar-refractivity contribution in [2.45, 2.75) is 38.4 Å². The van der Waals surface area contributed by atoms with Gasteiger partial charge >= 0.3 is 0 Å². The van der Waals surface area contributed by atoms with E-state index in [0.717, 1.165) is 11.3 Å². The number of hydrogen-bond donors (Lipinski definition) is 0. The Morgan fingerprint density at radius 1 is 1.09 bits per heavy atom. The van der Waals surface area contributed by atoms with Gasteiger partial charge in [0.2, 0.25) is 11.8 Å². The number of benzene rings is 2. The number of anilines is 1. The maximum atomic E-state index is 13.9. The van der Waals surface area contributed by atoms with Crippen molar-refractivity contribution in [3.05, 3.63) is 75.8 Å². The summed E-state index contributed by atoms with van der Waals surface area (Å²) in [4.78, 5) is 54.8. The molecule has 0 spiro atoms. The van der Waals surface area contributed by atoms with Crippen LogP contribution in [-0.2, 0) is 9.59 Å². The number of Topliss-reactive ketones (excluding diaryl/α,β-unsaturated/α-hetero) is 1. The number of carbonyl (C=O) groups excluding carboxylic acids is 3. The molecule has 0 unspecified atom stereocenters. The fourth-order valence-electron chi connectivity index (χ4n) is 5.40. The van der Waals surface area contributed by atoms with Gasteiger partial charge in [-0.25, -0.2) is 0 Å². The topological polar surface area (TPSA) is 101 Å². The normalized spacial score (nSPS) is 26.1. The Kier molecular flexibility index (Phi) is 4.88. The van der Waals surface area contributed by atoms with Crippen LogP contribution >= 0.6 is 0 Å². The molecule has 3 aliphatic rings. The molecule has 0 aromatic heterocycles. The molecule has 168 valence electrons. The first-order valence-electron chi connectivity index (χ1n) is 11.1. The molecule has 0 bridgehead atoms. The molecule has 0 saturated carbocycles. The number of rotatable bonds is 5. The number of amides is 2. The van der Waals surface area contributed by atoms with Gasteiger partial charge in [0.25, 0.3) is 5.69 Å². The highest BCUT2D eigenvalue weighted by molar-refractivity contribution is 6.14. The fraction of sp³-hybridized carbons (Fsp3) is 0.320. The highest BCUT2D eigenvalue weighted by atomic mass is 16.6. The molecular formula is C25H23N3O5. The monoisotopic (exact) mass is 445 g/mol. The first-order chi connectivity index (χ1) is 15.8. The zero-order valence-electron chi connectivity index (χ0n) is 18.3. The van der Waals surface area contributed by atoms with Gasteiger partial charge in [-0.3, -0.25) is 29.4 Å². The summed E-state index contributed by atoms with van der Waals surface area (Å²) in [6, 6.07) is 11.5. The van der Waals surface area contributed by atoms with Crippen molar-refractivity contribution in [3.8, 4) is 0 Å². The Hall–Kier alpha value is -3.81. The molecule has 0 radical (unpaired) electrons. The minimum atomic E-state index is -0.932. The van der Waals surface area contributed by atoms with E-state index >= 15 is 0 Å². The second-order valence-corrected chi connectivity index (χ2v) is 8.79. The highest BCUT2D eigenvalue weighted by Crippen LogP contribution is 2.49. The lowest BCUT2D eigenvalue weighted by Gasteiger charge is -2.37. The molecule has 8 heteroatoms. The molecule has 2 amide bonds. The molecule has 3 heterocycles. The second-order valence-electron chi connectivity index (χ2n) is 8.79. The predicted octanol–water partition coefficient (Wildman–Crippen LogP) is 3.46. The van der Waals surface area contributed by atoms with Crippen LogP contribution < -0.4 is 4.90 Å². The average molecular weight is 445 g/mol. The number of nitrogens with zero attached hydrogens (tertiary/aromatic N) is 3. The number of non-ortho nitro benzene ring substituents is 1. The van der Waals surface area contributed by atoms with Gasteiger partial charge in [0.05, 0.1) is 22.8 Å². The van der Waals surface area contributed by atoms with E-state index in [2.05, 4.69) is 0 Å². The van der Waals surface area contributed by atoms with Crippen molar-refractivity contribution in [1.82, 2.24) is 4.90 Å². The number of hydrogen-bond acceptors (Lipinski definition) is 6. The van der Waals surface area contributed by atoms with Gasteiger partial charge in [-0.2, -0.15) is 0 Å². The summed E-state index contributed by atoms with van der Waals surface area (Å²) in [6.45, 7) is 3.74. The Morgan fingerprint density at radius 2 is 1.82 bits per heavy atom. The van der Waals surface area contributed by atoms with Crippen LogP contribution in [0.3, 0.4) is 0 Å². The third-order valence-corrected chi connectivity index (χ3v) is 7.09. The zero-order valence-corrected chi connectivity index (χ0v) is 18.3. The van der Waals surface area contributed by atoms with Crippen LogP contribution in [0.25, 0.3) is 6.08 Å². The number of para-hydroxylation sites is 1. The molecule has 5 atom stereocenters. The van der Waals surface area contributed by atoms with Crippen LogP contribution in [0.4, 0.5) is 11.4 Å². The van der Waals surface area contributed by atoms with Crippen molar-refractivity contribution in [2.24, 2.45) is 11.8 Å². The first kappa shape index (κ1) is 21.1. The number of nitro groups is 1. The molecule has 2 aromatic rings. The molecule has 2 fully saturated rings. The summed E-state index contributed by atoms with van der Waals surface area (Å²) in [6.07, 6.45) is 4.44. The predicted molar refractivity (Wildman–Crippen MR) is 122 cm³/mol. The molecule has 0 aliphatic carbocycles. The molecule has 3 aliphatic heterocycles. The second kappa shape index (κ2) is 7.65. The third kappa shape index (κ3) is 3.01. The van der Waals surface area contributed by atoms with E-state index in [1.165, 1.54) is 29.2 Å². The molecule has 0 N–H and O–H groups in total. The quantitative estimate of drug-likeness (QED) is 0.302. The van der Waals surface area contributed by atoms with Gasteiger partial charge in [-0.15, -0.1) is 0 Å². The number of ketones is 1. The number of fused-ring (bicyclic) bond motifs is 5. The van der Waals surface area contributed by atoms with E-state index in [1.54, 1.807) is 0 Å². The summed E-state index contributed by atoms with van der Waals surface area (Å²) in [7, 11) is 0. The van der Waals surface area contributed by atoms with Crippen LogP contribution in [0, 0.1) is 22.0 Å². The Bertz CT molecular complexity index is 1220. The zero-order chi connectivity index (χ0) is 23.4. The summed E-state index contributed by atoms with van der Waals surface area (Å²) in [5.74, 6) is -2.52. The summed E-state index contributed by atoms with van der Waals surface area (Å²) < 4.78 is 0. The van der Waals surface area contributed by atoms with Crippen molar-refractivity contribution in [2.75, 3.05) is 4.90 Å². The lowest BCUT2D eigenvalue weighted by molar-refractivity contribution is -0.384. The summed E-state index contributed by atoms with van der Waals surface area (Å²) in [5.41, 5.74) is 1.63. The minimum absolute atomic E-state index is 0.155. The van der Waals surface area contributed by atoms with Gasteiger partial charge < -0.3 is 4.90 Å². The maximum Gasteiger partial charge on any atom is 0.270 e. The van der Waals surface area contributed by atoms with Gasteiger partial charge in [-0.05, 0) is 25.0 Å². The van der Waals surface area contributed by atoms with E-state index in [1.807, 2.05) is 55.2 Å². The van der Waals surface area contributed by atoms with E-state index in [9.17, 15) is 24.5 Å². The van der Waals surface area contributed by atoms with E-state index in [0.29, 0.717) is 6.42 Å². The Labute approximate surface area is 190 Å². The Morgan fingerprint density at radius 3 is 2.55 bits per heavy atom. The average Bonchev–Trinajstić information content (AvgIpc) is 3.31. The van der Waals surface area contributed by atoms with Crippen molar-refractivity contribution in [1.29, 1.82) is 0 Å².